The van der Waals surface area contributed by atoms with Gasteiger partial charge in [0.2, 0.25) is 0 Å². The minimum Gasteiger partial charge on any atom is -0.393 e. The summed E-state index contributed by atoms with van der Waals surface area (Å²) in [5, 5.41) is 18.4. The van der Waals surface area contributed by atoms with Gasteiger partial charge in [-0.2, -0.15) is 17.4 Å². The second-order valence-electron chi connectivity index (χ2n) is 5.09. The van der Waals surface area contributed by atoms with Crippen LogP contribution in [0.15, 0.2) is 0 Å². The first-order valence-corrected chi connectivity index (χ1v) is 7.29. The van der Waals surface area contributed by atoms with E-state index >= 15 is 0 Å². The molecule has 7 heteroatoms. The molecule has 2 unspecified atom stereocenters. The Bertz CT molecular complexity index is 342. The van der Waals surface area contributed by atoms with E-state index in [1.54, 1.807) is 0 Å². The molecule has 0 aromatic heterocycles. The number of piperidine rings is 1. The SMILES string of the molecule is CC1CCCN(S(=O)(=O)NCC(C)(O)CO)C1. The molecular formula is C10H22N2O4S. The molecule has 0 aliphatic carbocycles. The number of hydrogen-bond acceptors (Lipinski definition) is 4. The first kappa shape index (κ1) is 14.8. The van der Waals surface area contributed by atoms with Crippen LogP contribution >= 0.6 is 0 Å². The van der Waals surface area contributed by atoms with Gasteiger partial charge in [0.25, 0.3) is 10.2 Å². The minimum absolute atomic E-state index is 0.184. The predicted octanol–water partition coefficient (Wildman–Crippen LogP) is -0.704. The van der Waals surface area contributed by atoms with Crippen molar-refractivity contribution in [3.8, 4) is 0 Å². The van der Waals surface area contributed by atoms with Crippen molar-refractivity contribution in [1.29, 1.82) is 0 Å². The fourth-order valence-electron chi connectivity index (χ4n) is 1.76. The highest BCUT2D eigenvalue weighted by Gasteiger charge is 2.29. The number of aliphatic hydroxyl groups excluding tert-OH is 1. The Labute approximate surface area is 103 Å². The van der Waals surface area contributed by atoms with Gasteiger partial charge in [-0.1, -0.05) is 6.92 Å². The predicted molar refractivity (Wildman–Crippen MR) is 64.6 cm³/mol. The summed E-state index contributed by atoms with van der Waals surface area (Å²) < 4.78 is 27.6. The summed E-state index contributed by atoms with van der Waals surface area (Å²) >= 11 is 0. The second-order valence-corrected chi connectivity index (χ2v) is 6.84. The Morgan fingerprint density at radius 2 is 2.18 bits per heavy atom. The van der Waals surface area contributed by atoms with Crippen LogP contribution in [-0.4, -0.2) is 54.8 Å². The summed E-state index contributed by atoms with van der Waals surface area (Å²) in [4.78, 5) is 0. The van der Waals surface area contributed by atoms with Crippen molar-refractivity contribution in [2.45, 2.75) is 32.3 Å². The lowest BCUT2D eigenvalue weighted by atomic mass is 10.0. The number of rotatable bonds is 5. The maximum absolute atomic E-state index is 11.9. The molecular weight excluding hydrogens is 244 g/mol. The molecule has 102 valence electrons. The van der Waals surface area contributed by atoms with Gasteiger partial charge in [-0.05, 0) is 25.7 Å². The average Bonchev–Trinajstić information content (AvgIpc) is 2.27. The van der Waals surface area contributed by atoms with Gasteiger partial charge in [-0.15, -0.1) is 0 Å². The number of hydrogen-bond donors (Lipinski definition) is 3. The molecule has 1 aliphatic rings. The quantitative estimate of drug-likeness (QED) is 0.613. The van der Waals surface area contributed by atoms with Crippen LogP contribution in [0.4, 0.5) is 0 Å². The highest BCUT2D eigenvalue weighted by atomic mass is 32.2. The molecule has 0 aromatic carbocycles. The Morgan fingerprint density at radius 1 is 1.53 bits per heavy atom. The summed E-state index contributed by atoms with van der Waals surface area (Å²) in [6.45, 7) is 3.76. The largest absolute Gasteiger partial charge is 0.393 e. The van der Waals surface area contributed by atoms with Gasteiger partial charge in [0.05, 0.1) is 12.2 Å². The van der Waals surface area contributed by atoms with E-state index in [0.29, 0.717) is 19.0 Å². The first-order chi connectivity index (χ1) is 7.77. The molecule has 0 bridgehead atoms. The number of nitrogens with one attached hydrogen (secondary N) is 1. The zero-order valence-corrected chi connectivity index (χ0v) is 11.2. The monoisotopic (exact) mass is 266 g/mol. The fourth-order valence-corrected chi connectivity index (χ4v) is 3.25. The molecule has 1 aliphatic heterocycles. The van der Waals surface area contributed by atoms with E-state index in [-0.39, 0.29) is 6.54 Å². The van der Waals surface area contributed by atoms with Crippen molar-refractivity contribution in [2.75, 3.05) is 26.2 Å². The van der Waals surface area contributed by atoms with Crippen LogP contribution < -0.4 is 4.72 Å². The van der Waals surface area contributed by atoms with Gasteiger partial charge in [0.1, 0.15) is 0 Å². The number of aliphatic hydroxyl groups is 2. The standard InChI is InChI=1S/C10H22N2O4S/c1-9-4-3-5-12(6-9)17(15,16)11-7-10(2,14)8-13/h9,11,13-14H,3-8H2,1-2H3. The van der Waals surface area contributed by atoms with Crippen LogP contribution in [0.3, 0.4) is 0 Å². The minimum atomic E-state index is -3.55. The van der Waals surface area contributed by atoms with E-state index in [1.165, 1.54) is 11.2 Å². The van der Waals surface area contributed by atoms with E-state index in [2.05, 4.69) is 4.72 Å². The zero-order chi connectivity index (χ0) is 13.1. The molecule has 1 saturated heterocycles. The topological polar surface area (TPSA) is 89.9 Å². The summed E-state index contributed by atoms with van der Waals surface area (Å²) in [6, 6.07) is 0. The lowest BCUT2D eigenvalue weighted by Gasteiger charge is -2.31. The van der Waals surface area contributed by atoms with Crippen LogP contribution in [0.2, 0.25) is 0 Å². The Hall–Kier alpha value is -0.210. The summed E-state index contributed by atoms with van der Waals surface area (Å²) in [6.07, 6.45) is 1.90. The van der Waals surface area contributed by atoms with Gasteiger partial charge in [-0.25, -0.2) is 0 Å². The molecule has 0 radical (unpaired) electrons. The molecule has 1 heterocycles. The van der Waals surface area contributed by atoms with Gasteiger partial charge < -0.3 is 10.2 Å². The van der Waals surface area contributed by atoms with Gasteiger partial charge in [0, 0.05) is 19.6 Å². The van der Waals surface area contributed by atoms with Crippen molar-refractivity contribution < 1.29 is 18.6 Å². The third-order valence-electron chi connectivity index (χ3n) is 2.94. The number of nitrogens with zero attached hydrogens (tertiary/aromatic N) is 1. The van der Waals surface area contributed by atoms with E-state index in [4.69, 9.17) is 5.11 Å². The lowest BCUT2D eigenvalue weighted by molar-refractivity contribution is 0.00647. The molecule has 0 aromatic rings. The highest BCUT2D eigenvalue weighted by molar-refractivity contribution is 7.87. The molecule has 6 nitrogen and oxygen atoms in total. The van der Waals surface area contributed by atoms with Gasteiger partial charge in [0.15, 0.2) is 0 Å². The van der Waals surface area contributed by atoms with Crippen LogP contribution in [0.1, 0.15) is 26.7 Å². The molecule has 2 atom stereocenters. The molecule has 0 saturated carbocycles. The van der Waals surface area contributed by atoms with Crippen molar-refractivity contribution in [1.82, 2.24) is 9.03 Å². The Morgan fingerprint density at radius 3 is 2.71 bits per heavy atom. The van der Waals surface area contributed by atoms with Crippen LogP contribution in [0, 0.1) is 5.92 Å². The van der Waals surface area contributed by atoms with E-state index in [1.807, 2.05) is 6.92 Å². The van der Waals surface area contributed by atoms with E-state index in [0.717, 1.165) is 12.8 Å². The highest BCUT2D eigenvalue weighted by Crippen LogP contribution is 2.17. The molecule has 1 fully saturated rings. The van der Waals surface area contributed by atoms with Gasteiger partial charge in [-0.3, -0.25) is 0 Å². The fraction of sp³-hybridized carbons (Fsp3) is 1.00. The molecule has 17 heavy (non-hydrogen) atoms. The first-order valence-electron chi connectivity index (χ1n) is 5.85. The van der Waals surface area contributed by atoms with Crippen molar-refractivity contribution in [3.63, 3.8) is 0 Å². The molecule has 1 rings (SSSR count). The van der Waals surface area contributed by atoms with Crippen molar-refractivity contribution in [3.05, 3.63) is 0 Å². The maximum Gasteiger partial charge on any atom is 0.279 e. The van der Waals surface area contributed by atoms with E-state index < -0.39 is 22.4 Å². The lowest BCUT2D eigenvalue weighted by Crippen LogP contribution is -2.50. The smallest absolute Gasteiger partial charge is 0.279 e. The summed E-state index contributed by atoms with van der Waals surface area (Å²) in [5.41, 5.74) is -1.42. The van der Waals surface area contributed by atoms with Crippen molar-refractivity contribution in [2.24, 2.45) is 5.92 Å². The summed E-state index contributed by atoms with van der Waals surface area (Å²) in [5.74, 6) is 0.360. The molecule has 3 N–H and O–H groups in total. The second kappa shape index (κ2) is 5.62. The average molecular weight is 266 g/mol. The third-order valence-corrected chi connectivity index (χ3v) is 4.46. The zero-order valence-electron chi connectivity index (χ0n) is 10.4. The Balaban J connectivity index is 2.56. The molecule has 0 spiro atoms. The van der Waals surface area contributed by atoms with Gasteiger partial charge >= 0.3 is 0 Å². The van der Waals surface area contributed by atoms with Crippen LogP contribution in [0.25, 0.3) is 0 Å². The third kappa shape index (κ3) is 4.51. The van der Waals surface area contributed by atoms with Crippen LogP contribution in [0.5, 0.6) is 0 Å². The Kier molecular flexibility index (Phi) is 4.91. The molecule has 0 amide bonds. The normalized spacial score (nSPS) is 26.7. The van der Waals surface area contributed by atoms with Crippen molar-refractivity contribution >= 4 is 10.2 Å². The van der Waals surface area contributed by atoms with Crippen LogP contribution in [-0.2, 0) is 10.2 Å². The maximum atomic E-state index is 11.9. The van der Waals surface area contributed by atoms with E-state index in [9.17, 15) is 13.5 Å². The summed E-state index contributed by atoms with van der Waals surface area (Å²) in [7, 11) is -3.55.